The van der Waals surface area contributed by atoms with Crippen molar-refractivity contribution in [1.82, 2.24) is 15.5 Å². The van der Waals surface area contributed by atoms with Gasteiger partial charge < -0.3 is 10.2 Å². The van der Waals surface area contributed by atoms with Crippen LogP contribution in [0.15, 0.2) is 76.7 Å². The van der Waals surface area contributed by atoms with Crippen molar-refractivity contribution in [1.29, 1.82) is 0 Å². The number of anilines is 1. The van der Waals surface area contributed by atoms with Crippen molar-refractivity contribution in [3.63, 3.8) is 0 Å². The van der Waals surface area contributed by atoms with Gasteiger partial charge in [-0.1, -0.05) is 48.2 Å². The van der Waals surface area contributed by atoms with Crippen molar-refractivity contribution in [2.45, 2.75) is 48.6 Å². The minimum absolute atomic E-state index is 0.0381. The highest BCUT2D eigenvalue weighted by Gasteiger charge is 2.26. The molecule has 1 amide bonds. The number of halogens is 1. The maximum atomic E-state index is 13.4. The van der Waals surface area contributed by atoms with E-state index in [1.807, 2.05) is 36.4 Å². The lowest BCUT2D eigenvalue weighted by Crippen LogP contribution is -2.43. The molecule has 3 aromatic rings. The van der Waals surface area contributed by atoms with Gasteiger partial charge in [0.2, 0.25) is 5.91 Å². The van der Waals surface area contributed by atoms with E-state index in [1.165, 1.54) is 29.5 Å². The Bertz CT molecular complexity index is 1040. The summed E-state index contributed by atoms with van der Waals surface area (Å²) in [7, 11) is 0. The van der Waals surface area contributed by atoms with Crippen LogP contribution >= 0.6 is 11.8 Å². The van der Waals surface area contributed by atoms with Crippen molar-refractivity contribution in [2.75, 3.05) is 18.0 Å². The number of benzene rings is 2. The summed E-state index contributed by atoms with van der Waals surface area (Å²) in [5.41, 5.74) is 1.30. The normalized spacial score (nSPS) is 15.3. The zero-order chi connectivity index (χ0) is 23.0. The van der Waals surface area contributed by atoms with Crippen molar-refractivity contribution in [3.8, 4) is 0 Å². The zero-order valence-corrected chi connectivity index (χ0v) is 19.6. The third-order valence-corrected chi connectivity index (χ3v) is 6.85. The Morgan fingerprint density at radius 2 is 1.88 bits per heavy atom. The number of amides is 1. The number of carbonyl (C=O) groups excluding carboxylic acids is 1. The third kappa shape index (κ3) is 6.78. The average molecular weight is 465 g/mol. The first-order valence-electron chi connectivity index (χ1n) is 11.4. The second kappa shape index (κ2) is 11.3. The highest BCUT2D eigenvalue weighted by molar-refractivity contribution is 7.99. The number of aryl methyl sites for hydroxylation is 1. The Morgan fingerprint density at radius 1 is 1.09 bits per heavy atom. The lowest BCUT2D eigenvalue weighted by atomic mass is 9.95. The van der Waals surface area contributed by atoms with Gasteiger partial charge in [-0.05, 0) is 68.5 Å². The summed E-state index contributed by atoms with van der Waals surface area (Å²) in [5.74, 6) is 0.745. The molecule has 0 unspecified atom stereocenters. The van der Waals surface area contributed by atoms with Gasteiger partial charge in [0.05, 0.1) is 0 Å². The summed E-state index contributed by atoms with van der Waals surface area (Å²) in [6.07, 6.45) is 3.51. The predicted molar refractivity (Wildman–Crippen MR) is 130 cm³/mol. The van der Waals surface area contributed by atoms with Gasteiger partial charge in [-0.25, -0.2) is 4.39 Å². The van der Waals surface area contributed by atoms with Crippen LogP contribution in [-0.4, -0.2) is 35.2 Å². The van der Waals surface area contributed by atoms with Crippen LogP contribution in [0.2, 0.25) is 0 Å². The molecular weight excluding hydrogens is 435 g/mol. The topological polar surface area (TPSA) is 58.1 Å². The number of hydrogen-bond donors (Lipinski definition) is 1. The van der Waals surface area contributed by atoms with E-state index >= 15 is 0 Å². The maximum Gasteiger partial charge on any atom is 0.223 e. The molecule has 0 aliphatic carbocycles. The Labute approximate surface area is 198 Å². The first-order valence-corrected chi connectivity index (χ1v) is 12.2. The van der Waals surface area contributed by atoms with E-state index in [0.717, 1.165) is 54.5 Å². The molecule has 1 aliphatic heterocycles. The van der Waals surface area contributed by atoms with Gasteiger partial charge >= 0.3 is 0 Å². The quantitative estimate of drug-likeness (QED) is 0.501. The molecule has 172 valence electrons. The lowest BCUT2D eigenvalue weighted by Gasteiger charge is -2.32. The molecule has 4 rings (SSSR count). The molecule has 1 saturated heterocycles. The van der Waals surface area contributed by atoms with Crippen LogP contribution in [-0.2, 0) is 11.2 Å². The molecule has 5 nitrogen and oxygen atoms in total. The SMILES string of the molecule is C[C@H](CCc1ccccc1)NC(=O)C1CCN(c2ccc(Sc3cccc(F)c3)nn2)CC1. The molecule has 7 heteroatoms. The van der Waals surface area contributed by atoms with Gasteiger partial charge in [-0.3, -0.25) is 4.79 Å². The van der Waals surface area contributed by atoms with Crippen molar-refractivity contribution >= 4 is 23.5 Å². The molecule has 0 spiro atoms. The molecule has 1 aliphatic rings. The van der Waals surface area contributed by atoms with Crippen LogP contribution in [0.3, 0.4) is 0 Å². The first kappa shape index (κ1) is 23.2. The monoisotopic (exact) mass is 464 g/mol. The fraction of sp³-hybridized carbons (Fsp3) is 0.346. The fourth-order valence-electron chi connectivity index (χ4n) is 4.02. The minimum atomic E-state index is -0.262. The number of carbonyl (C=O) groups is 1. The van der Waals surface area contributed by atoms with Gasteiger partial charge in [0, 0.05) is 29.9 Å². The van der Waals surface area contributed by atoms with Gasteiger partial charge in [0.1, 0.15) is 10.8 Å². The number of piperidine rings is 1. The van der Waals surface area contributed by atoms with Crippen molar-refractivity contribution in [3.05, 3.63) is 78.1 Å². The summed E-state index contributed by atoms with van der Waals surface area (Å²) in [6, 6.07) is 20.8. The van der Waals surface area contributed by atoms with E-state index in [2.05, 4.69) is 39.5 Å². The van der Waals surface area contributed by atoms with Crippen molar-refractivity contribution < 1.29 is 9.18 Å². The number of rotatable bonds is 8. The van der Waals surface area contributed by atoms with Gasteiger partial charge in [0.15, 0.2) is 5.82 Å². The molecule has 0 saturated carbocycles. The number of nitrogens with one attached hydrogen (secondary N) is 1. The summed E-state index contributed by atoms with van der Waals surface area (Å²) in [4.78, 5) is 15.7. The smallest absolute Gasteiger partial charge is 0.223 e. The van der Waals surface area contributed by atoms with Crippen LogP contribution in [0.4, 0.5) is 10.2 Å². The molecule has 1 N–H and O–H groups in total. The molecule has 33 heavy (non-hydrogen) atoms. The van der Waals surface area contributed by atoms with E-state index in [1.54, 1.807) is 6.07 Å². The molecule has 0 bridgehead atoms. The summed E-state index contributed by atoms with van der Waals surface area (Å²) < 4.78 is 13.4. The molecule has 2 heterocycles. The van der Waals surface area contributed by atoms with Crippen LogP contribution in [0, 0.1) is 11.7 Å². The van der Waals surface area contributed by atoms with E-state index in [9.17, 15) is 9.18 Å². The molecule has 1 aromatic heterocycles. The fourth-order valence-corrected chi connectivity index (χ4v) is 4.80. The summed E-state index contributed by atoms with van der Waals surface area (Å²) in [6.45, 7) is 3.64. The van der Waals surface area contributed by atoms with Crippen molar-refractivity contribution in [2.24, 2.45) is 5.92 Å². The van der Waals surface area contributed by atoms with Gasteiger partial charge in [-0.2, -0.15) is 0 Å². The molecule has 0 radical (unpaired) electrons. The van der Waals surface area contributed by atoms with Crippen LogP contribution < -0.4 is 10.2 Å². The lowest BCUT2D eigenvalue weighted by molar-refractivity contribution is -0.126. The largest absolute Gasteiger partial charge is 0.355 e. The Balaban J connectivity index is 1.22. The molecule has 1 atom stereocenters. The Hall–Kier alpha value is -2.93. The standard InChI is InChI=1S/C26H29FN4OS/c1-19(10-11-20-6-3-2-4-7-20)28-26(32)21-14-16-31(17-15-21)24-12-13-25(30-29-24)33-23-9-5-8-22(27)18-23/h2-9,12-13,18-19,21H,10-11,14-17H2,1H3,(H,28,32)/t19-/m1/s1. The number of nitrogens with zero attached hydrogens (tertiary/aromatic N) is 3. The minimum Gasteiger partial charge on any atom is -0.355 e. The average Bonchev–Trinajstić information content (AvgIpc) is 2.84. The van der Waals surface area contributed by atoms with Crippen LogP contribution in [0.5, 0.6) is 0 Å². The highest BCUT2D eigenvalue weighted by atomic mass is 32.2. The summed E-state index contributed by atoms with van der Waals surface area (Å²) in [5, 5.41) is 12.6. The molecule has 2 aromatic carbocycles. The van der Waals surface area contributed by atoms with Gasteiger partial charge in [-0.15, -0.1) is 10.2 Å². The Kier molecular flexibility index (Phi) is 7.94. The summed E-state index contributed by atoms with van der Waals surface area (Å²) >= 11 is 1.38. The molecular formula is C26H29FN4OS. The van der Waals surface area contributed by atoms with Crippen LogP contribution in [0.25, 0.3) is 0 Å². The zero-order valence-electron chi connectivity index (χ0n) is 18.8. The molecule has 1 fully saturated rings. The predicted octanol–water partition coefficient (Wildman–Crippen LogP) is 5.12. The van der Waals surface area contributed by atoms with E-state index in [4.69, 9.17) is 0 Å². The third-order valence-electron chi connectivity index (χ3n) is 5.93. The van der Waals surface area contributed by atoms with E-state index in [-0.39, 0.29) is 23.7 Å². The van der Waals surface area contributed by atoms with Gasteiger partial charge in [0.25, 0.3) is 0 Å². The second-order valence-electron chi connectivity index (χ2n) is 8.48. The maximum absolute atomic E-state index is 13.4. The number of aromatic nitrogens is 2. The van der Waals surface area contributed by atoms with E-state index < -0.39 is 0 Å². The van der Waals surface area contributed by atoms with E-state index in [0.29, 0.717) is 0 Å². The highest BCUT2D eigenvalue weighted by Crippen LogP contribution is 2.28. The second-order valence-corrected chi connectivity index (χ2v) is 9.58. The number of hydrogen-bond acceptors (Lipinski definition) is 5. The van der Waals surface area contributed by atoms with Crippen LogP contribution in [0.1, 0.15) is 31.7 Å². The Morgan fingerprint density at radius 3 is 2.58 bits per heavy atom. The first-order chi connectivity index (χ1) is 16.1.